The number of aliphatic hydroxyl groups excluding tert-OH is 1. The third kappa shape index (κ3) is 3.53. The van der Waals surface area contributed by atoms with Crippen molar-refractivity contribution in [1.29, 1.82) is 0 Å². The van der Waals surface area contributed by atoms with Crippen LogP contribution in [0.5, 0.6) is 0 Å². The van der Waals surface area contributed by atoms with Crippen molar-refractivity contribution in [3.8, 4) is 0 Å². The Kier molecular flexibility index (Phi) is 5.95. The minimum absolute atomic E-state index is 0.123. The lowest BCUT2D eigenvalue weighted by Crippen LogP contribution is -2.64. The number of fused-ring (bicyclic) bond motifs is 5. The highest BCUT2D eigenvalue weighted by atomic mass is 16.5. The lowest BCUT2D eigenvalue weighted by molar-refractivity contribution is -0.261. The maximum Gasteiger partial charge on any atom is 0.0735 e. The molecule has 0 aromatic heterocycles. The van der Waals surface area contributed by atoms with Gasteiger partial charge in [0.25, 0.3) is 0 Å². The summed E-state index contributed by atoms with van der Waals surface area (Å²) < 4.78 is 6.69. The van der Waals surface area contributed by atoms with Crippen molar-refractivity contribution in [2.75, 3.05) is 6.61 Å². The van der Waals surface area contributed by atoms with Gasteiger partial charge in [-0.05, 0) is 91.8 Å². The molecule has 0 aromatic carbocycles. The molecule has 0 spiro atoms. The SMILES string of the molecule is CC(C)CCC[C@@H](C)[C@H]1CC[C@H]2[C@@H]3COC4(C)C[C@@H](O)CC[C@]4(C)[C@H]3CC[C@]12C. The highest BCUT2D eigenvalue weighted by Crippen LogP contribution is 2.68. The van der Waals surface area contributed by atoms with Crippen molar-refractivity contribution in [3.05, 3.63) is 0 Å². The van der Waals surface area contributed by atoms with Crippen LogP contribution in [0.25, 0.3) is 0 Å². The summed E-state index contributed by atoms with van der Waals surface area (Å²) >= 11 is 0. The van der Waals surface area contributed by atoms with Crippen LogP contribution in [0.15, 0.2) is 0 Å². The van der Waals surface area contributed by atoms with E-state index in [2.05, 4.69) is 41.5 Å². The van der Waals surface area contributed by atoms with Crippen LogP contribution < -0.4 is 0 Å². The minimum atomic E-state index is -0.166. The van der Waals surface area contributed by atoms with Crippen molar-refractivity contribution >= 4 is 0 Å². The Morgan fingerprint density at radius 1 is 0.931 bits per heavy atom. The van der Waals surface area contributed by atoms with Gasteiger partial charge in [-0.2, -0.15) is 0 Å². The predicted octanol–water partition coefficient (Wildman–Crippen LogP) is 6.85. The zero-order valence-electron chi connectivity index (χ0n) is 20.2. The van der Waals surface area contributed by atoms with E-state index in [1.807, 2.05) is 0 Å². The molecule has 1 heterocycles. The molecule has 1 N–H and O–H groups in total. The Morgan fingerprint density at radius 2 is 1.69 bits per heavy atom. The number of rotatable bonds is 5. The second-order valence-corrected chi connectivity index (χ2v) is 12.8. The Morgan fingerprint density at radius 3 is 2.41 bits per heavy atom. The van der Waals surface area contributed by atoms with Crippen LogP contribution >= 0.6 is 0 Å². The van der Waals surface area contributed by atoms with Crippen molar-refractivity contribution in [1.82, 2.24) is 0 Å². The van der Waals surface area contributed by atoms with Gasteiger partial charge in [0.2, 0.25) is 0 Å². The Labute approximate surface area is 180 Å². The molecule has 29 heavy (non-hydrogen) atoms. The topological polar surface area (TPSA) is 29.5 Å². The van der Waals surface area contributed by atoms with Gasteiger partial charge in [0, 0.05) is 6.42 Å². The third-order valence-electron chi connectivity index (χ3n) is 10.9. The van der Waals surface area contributed by atoms with Crippen LogP contribution in [0.1, 0.15) is 106 Å². The first-order valence-electron chi connectivity index (χ1n) is 12.9. The second kappa shape index (κ2) is 7.80. The highest BCUT2D eigenvalue weighted by Gasteiger charge is 2.64. The number of hydrogen-bond donors (Lipinski definition) is 1. The third-order valence-corrected chi connectivity index (χ3v) is 10.9. The summed E-state index contributed by atoms with van der Waals surface area (Å²) in [6.45, 7) is 15.7. The van der Waals surface area contributed by atoms with Gasteiger partial charge in [-0.25, -0.2) is 0 Å². The first-order valence-corrected chi connectivity index (χ1v) is 12.9. The average Bonchev–Trinajstić information content (AvgIpc) is 2.99. The maximum absolute atomic E-state index is 10.3. The van der Waals surface area contributed by atoms with Gasteiger partial charge in [0.05, 0.1) is 18.3 Å². The molecule has 4 fully saturated rings. The van der Waals surface area contributed by atoms with E-state index in [-0.39, 0.29) is 17.1 Å². The van der Waals surface area contributed by atoms with E-state index < -0.39 is 0 Å². The van der Waals surface area contributed by atoms with E-state index in [4.69, 9.17) is 4.74 Å². The van der Waals surface area contributed by atoms with Crippen molar-refractivity contribution in [2.45, 2.75) is 117 Å². The summed E-state index contributed by atoms with van der Waals surface area (Å²) in [4.78, 5) is 0. The van der Waals surface area contributed by atoms with Gasteiger partial charge in [-0.1, -0.05) is 53.9 Å². The van der Waals surface area contributed by atoms with Gasteiger partial charge >= 0.3 is 0 Å². The van der Waals surface area contributed by atoms with E-state index in [1.165, 1.54) is 44.9 Å². The summed E-state index contributed by atoms with van der Waals surface area (Å²) in [5, 5.41) is 10.3. The summed E-state index contributed by atoms with van der Waals surface area (Å²) in [6.07, 6.45) is 12.7. The first-order chi connectivity index (χ1) is 13.6. The highest BCUT2D eigenvalue weighted by molar-refractivity contribution is 5.13. The molecule has 0 aromatic rings. The zero-order chi connectivity index (χ0) is 21.0. The molecule has 168 valence electrons. The molecule has 0 radical (unpaired) electrons. The van der Waals surface area contributed by atoms with E-state index in [9.17, 15) is 5.11 Å². The lowest BCUT2D eigenvalue weighted by atomic mass is 9.46. The van der Waals surface area contributed by atoms with Gasteiger partial charge in [0.1, 0.15) is 0 Å². The smallest absolute Gasteiger partial charge is 0.0735 e. The van der Waals surface area contributed by atoms with Crippen LogP contribution in [0, 0.1) is 46.3 Å². The Balaban J connectivity index is 1.49. The summed E-state index contributed by atoms with van der Waals surface area (Å²) in [6, 6.07) is 0. The van der Waals surface area contributed by atoms with Crippen molar-refractivity contribution < 1.29 is 9.84 Å². The second-order valence-electron chi connectivity index (χ2n) is 12.8. The molecule has 2 nitrogen and oxygen atoms in total. The summed E-state index contributed by atoms with van der Waals surface area (Å²) in [5.41, 5.74) is 0.652. The molecule has 0 amide bonds. The van der Waals surface area contributed by atoms with Crippen molar-refractivity contribution in [3.63, 3.8) is 0 Å². The molecule has 0 bridgehead atoms. The zero-order valence-corrected chi connectivity index (χ0v) is 20.2. The summed E-state index contributed by atoms with van der Waals surface area (Å²) in [7, 11) is 0. The molecule has 3 aliphatic carbocycles. The Bertz CT molecular complexity index is 587. The van der Waals surface area contributed by atoms with Crippen LogP contribution in [0.3, 0.4) is 0 Å². The van der Waals surface area contributed by atoms with E-state index in [1.54, 1.807) is 0 Å². The molecule has 3 saturated carbocycles. The maximum atomic E-state index is 10.3. The molecule has 2 heteroatoms. The van der Waals surface area contributed by atoms with Gasteiger partial charge < -0.3 is 9.84 Å². The molecule has 1 saturated heterocycles. The summed E-state index contributed by atoms with van der Waals surface area (Å²) in [5.74, 6) is 5.02. The molecular weight excluding hydrogens is 356 g/mol. The lowest BCUT2D eigenvalue weighted by Gasteiger charge is -2.64. The number of hydrogen-bond acceptors (Lipinski definition) is 2. The fraction of sp³-hybridized carbons (Fsp3) is 1.00. The van der Waals surface area contributed by atoms with Gasteiger partial charge in [-0.15, -0.1) is 0 Å². The first kappa shape index (κ1) is 22.1. The predicted molar refractivity (Wildman–Crippen MR) is 121 cm³/mol. The molecule has 1 unspecified atom stereocenters. The molecule has 9 atom stereocenters. The van der Waals surface area contributed by atoms with Gasteiger partial charge in [-0.3, -0.25) is 0 Å². The average molecular weight is 405 g/mol. The van der Waals surface area contributed by atoms with Crippen LogP contribution in [0.4, 0.5) is 0 Å². The van der Waals surface area contributed by atoms with Crippen molar-refractivity contribution in [2.24, 2.45) is 46.3 Å². The molecule has 4 aliphatic rings. The van der Waals surface area contributed by atoms with E-state index in [0.717, 1.165) is 61.4 Å². The van der Waals surface area contributed by atoms with Crippen LogP contribution in [0.2, 0.25) is 0 Å². The number of ether oxygens (including phenoxy) is 1. The molecular formula is C27H48O2. The van der Waals surface area contributed by atoms with Crippen LogP contribution in [-0.4, -0.2) is 23.4 Å². The fourth-order valence-electron chi connectivity index (χ4n) is 8.93. The monoisotopic (exact) mass is 404 g/mol. The largest absolute Gasteiger partial charge is 0.393 e. The van der Waals surface area contributed by atoms with E-state index in [0.29, 0.717) is 5.41 Å². The molecule has 1 aliphatic heterocycles. The van der Waals surface area contributed by atoms with E-state index >= 15 is 0 Å². The molecule has 4 rings (SSSR count). The number of aliphatic hydroxyl groups is 1. The quantitative estimate of drug-likeness (QED) is 0.543. The standard InChI is InChI=1S/C27H48O2/c1-18(2)8-7-9-19(3)22-10-11-23-21-17-29-27(6)16-20(28)12-15-26(27,5)24(21)13-14-25(22,23)4/h18-24,28H,7-17H2,1-6H3/t19-,20+,21+,22-,23+,24+,25-,26-,27?/m1/s1. The Hall–Kier alpha value is -0.0800. The van der Waals surface area contributed by atoms with Gasteiger partial charge in [0.15, 0.2) is 0 Å². The fourth-order valence-corrected chi connectivity index (χ4v) is 8.93. The van der Waals surface area contributed by atoms with Crippen LogP contribution in [-0.2, 0) is 4.74 Å². The normalized spacial score (nSPS) is 50.7. The minimum Gasteiger partial charge on any atom is -0.393 e.